The molecule has 3 atom stereocenters. The molecule has 1 amide bonds. The first-order valence-electron chi connectivity index (χ1n) is 12.6. The summed E-state index contributed by atoms with van der Waals surface area (Å²) in [6, 6.07) is 11.0. The molecule has 2 aromatic rings. The molecule has 2 aliphatic rings. The fraction of sp³-hybridized carbons (Fsp3) is 0.519. The van der Waals surface area contributed by atoms with E-state index >= 15 is 0 Å². The zero-order valence-electron chi connectivity index (χ0n) is 21.5. The van der Waals surface area contributed by atoms with Crippen molar-refractivity contribution in [3.63, 3.8) is 0 Å². The quantitative estimate of drug-likeness (QED) is 0.531. The molecule has 4 rings (SSSR count). The van der Waals surface area contributed by atoms with Gasteiger partial charge in [0.1, 0.15) is 11.9 Å². The first kappa shape index (κ1) is 26.4. The van der Waals surface area contributed by atoms with Crippen LogP contribution >= 0.6 is 0 Å². The summed E-state index contributed by atoms with van der Waals surface area (Å²) in [5, 5.41) is 9.85. The summed E-state index contributed by atoms with van der Waals surface area (Å²) in [7, 11) is -1.73. The van der Waals surface area contributed by atoms with E-state index in [1.54, 1.807) is 41.3 Å². The van der Waals surface area contributed by atoms with E-state index < -0.39 is 10.0 Å². The van der Waals surface area contributed by atoms with E-state index in [0.717, 1.165) is 18.0 Å². The lowest BCUT2D eigenvalue weighted by atomic mass is 9.99. The van der Waals surface area contributed by atoms with Crippen LogP contribution < -0.4 is 9.46 Å². The van der Waals surface area contributed by atoms with E-state index in [1.165, 1.54) is 18.9 Å². The molecule has 1 fully saturated rings. The van der Waals surface area contributed by atoms with Gasteiger partial charge in [-0.25, -0.2) is 8.42 Å². The van der Waals surface area contributed by atoms with Crippen molar-refractivity contribution in [3.8, 4) is 5.75 Å². The highest BCUT2D eigenvalue weighted by Crippen LogP contribution is 2.33. The molecule has 1 aliphatic carbocycles. The molecule has 1 aliphatic heterocycles. The standard InChI is InChI=1S/C27H37N3O5S/c1-18-5-10-23(11-6-18)36(33,34)28-22-9-12-25-24(13-22)27(32)30(20(3)17-31)14-19(2)26(35-25)16-29(4)15-21-7-8-21/h5-6,9-13,19-21,26,28,31H,7-8,14-17H2,1-4H3/t19-,20+,26-/m1/s1. The van der Waals surface area contributed by atoms with Crippen LogP contribution in [0.5, 0.6) is 5.75 Å². The van der Waals surface area contributed by atoms with Crippen LogP contribution in [0, 0.1) is 18.8 Å². The van der Waals surface area contributed by atoms with Crippen LogP contribution in [0.2, 0.25) is 0 Å². The molecule has 2 N–H and O–H groups in total. The maximum atomic E-state index is 13.6. The number of sulfonamides is 1. The average molecular weight is 516 g/mol. The zero-order valence-corrected chi connectivity index (χ0v) is 22.3. The van der Waals surface area contributed by atoms with Crippen LogP contribution in [0.25, 0.3) is 0 Å². The van der Waals surface area contributed by atoms with E-state index in [4.69, 9.17) is 4.74 Å². The third kappa shape index (κ3) is 6.19. The Morgan fingerprint density at radius 1 is 1.17 bits per heavy atom. The highest BCUT2D eigenvalue weighted by atomic mass is 32.2. The minimum absolute atomic E-state index is 0.0393. The summed E-state index contributed by atoms with van der Waals surface area (Å²) < 4.78 is 34.9. The topological polar surface area (TPSA) is 99.2 Å². The third-order valence-electron chi connectivity index (χ3n) is 7.01. The number of nitrogens with zero attached hydrogens (tertiary/aromatic N) is 2. The minimum atomic E-state index is -3.83. The molecule has 36 heavy (non-hydrogen) atoms. The summed E-state index contributed by atoms with van der Waals surface area (Å²) in [5.41, 5.74) is 1.52. The second kappa shape index (κ2) is 10.8. The number of amides is 1. The molecular formula is C27H37N3O5S. The van der Waals surface area contributed by atoms with Crippen molar-refractivity contribution in [3.05, 3.63) is 53.6 Å². The number of carbonyl (C=O) groups is 1. The second-order valence-electron chi connectivity index (χ2n) is 10.4. The molecule has 9 heteroatoms. The fourth-order valence-electron chi connectivity index (χ4n) is 4.56. The lowest BCUT2D eigenvalue weighted by Gasteiger charge is -2.38. The van der Waals surface area contributed by atoms with Gasteiger partial charge in [0.15, 0.2) is 0 Å². The maximum absolute atomic E-state index is 13.6. The summed E-state index contributed by atoms with van der Waals surface area (Å²) >= 11 is 0. The van der Waals surface area contributed by atoms with Gasteiger partial charge in [-0.15, -0.1) is 0 Å². The van der Waals surface area contributed by atoms with Gasteiger partial charge in [-0.3, -0.25) is 9.52 Å². The normalized spacial score (nSPS) is 21.4. The minimum Gasteiger partial charge on any atom is -0.488 e. The molecule has 0 bridgehead atoms. The van der Waals surface area contributed by atoms with E-state index in [2.05, 4.69) is 23.6 Å². The first-order chi connectivity index (χ1) is 17.1. The number of anilines is 1. The highest BCUT2D eigenvalue weighted by Gasteiger charge is 2.34. The molecule has 1 heterocycles. The predicted molar refractivity (Wildman–Crippen MR) is 140 cm³/mol. The number of likely N-dealkylation sites (N-methyl/N-ethyl adjacent to an activating group) is 1. The van der Waals surface area contributed by atoms with Gasteiger partial charge >= 0.3 is 0 Å². The van der Waals surface area contributed by atoms with Crippen LogP contribution in [0.4, 0.5) is 5.69 Å². The van der Waals surface area contributed by atoms with Gasteiger partial charge in [0.2, 0.25) is 0 Å². The molecule has 8 nitrogen and oxygen atoms in total. The molecule has 2 aromatic carbocycles. The molecular weight excluding hydrogens is 478 g/mol. The molecule has 0 spiro atoms. The third-order valence-corrected chi connectivity index (χ3v) is 8.40. The van der Waals surface area contributed by atoms with Gasteiger partial charge < -0.3 is 19.6 Å². The number of aliphatic hydroxyl groups is 1. The Bertz CT molecular complexity index is 1180. The number of fused-ring (bicyclic) bond motifs is 1. The van der Waals surface area contributed by atoms with E-state index in [9.17, 15) is 18.3 Å². The lowest BCUT2D eigenvalue weighted by molar-refractivity contribution is 0.0344. The van der Waals surface area contributed by atoms with E-state index in [0.29, 0.717) is 18.8 Å². The van der Waals surface area contributed by atoms with Crippen LogP contribution in [0.1, 0.15) is 42.6 Å². The monoisotopic (exact) mass is 515 g/mol. The summed E-state index contributed by atoms with van der Waals surface area (Å²) in [6.45, 7) is 7.77. The molecule has 0 saturated heterocycles. The van der Waals surface area contributed by atoms with Gasteiger partial charge in [0.25, 0.3) is 15.9 Å². The van der Waals surface area contributed by atoms with E-state index in [-0.39, 0.29) is 46.7 Å². The SMILES string of the molecule is Cc1ccc(S(=O)(=O)Nc2ccc3c(c2)C(=O)N([C@@H](C)CO)C[C@@H](C)[C@@H](CN(C)CC2CC2)O3)cc1. The maximum Gasteiger partial charge on any atom is 0.261 e. The number of ether oxygens (including phenoxy) is 1. The van der Waals surface area contributed by atoms with Gasteiger partial charge in [-0.05, 0) is 70.0 Å². The van der Waals surface area contributed by atoms with Gasteiger partial charge in [0.05, 0.1) is 23.1 Å². The summed E-state index contributed by atoms with van der Waals surface area (Å²) in [5.74, 6) is 0.921. The first-order valence-corrected chi connectivity index (χ1v) is 14.1. The fourth-order valence-corrected chi connectivity index (χ4v) is 5.61. The number of nitrogens with one attached hydrogen (secondary N) is 1. The molecule has 0 unspecified atom stereocenters. The smallest absolute Gasteiger partial charge is 0.261 e. The average Bonchev–Trinajstić information content (AvgIpc) is 3.65. The largest absolute Gasteiger partial charge is 0.488 e. The Labute approximate surface area is 214 Å². The van der Waals surface area contributed by atoms with Crippen LogP contribution in [0.3, 0.4) is 0 Å². The van der Waals surface area contributed by atoms with Gasteiger partial charge in [-0.1, -0.05) is 24.6 Å². The predicted octanol–water partition coefficient (Wildman–Crippen LogP) is 3.36. The van der Waals surface area contributed by atoms with Crippen LogP contribution in [-0.4, -0.2) is 74.7 Å². The van der Waals surface area contributed by atoms with Gasteiger partial charge in [-0.2, -0.15) is 0 Å². The van der Waals surface area contributed by atoms with Crippen molar-refractivity contribution in [1.82, 2.24) is 9.80 Å². The van der Waals surface area contributed by atoms with Crippen LogP contribution in [0.15, 0.2) is 47.4 Å². The molecule has 196 valence electrons. The molecule has 0 aromatic heterocycles. The van der Waals surface area contributed by atoms with Crippen molar-refractivity contribution >= 4 is 21.6 Å². The molecule has 0 radical (unpaired) electrons. The second-order valence-corrected chi connectivity index (χ2v) is 12.1. The summed E-state index contributed by atoms with van der Waals surface area (Å²) in [4.78, 5) is 17.7. The number of hydrogen-bond acceptors (Lipinski definition) is 6. The number of benzene rings is 2. The number of rotatable bonds is 9. The van der Waals surface area contributed by atoms with Crippen molar-refractivity contribution < 1.29 is 23.1 Å². The summed E-state index contributed by atoms with van der Waals surface area (Å²) in [6.07, 6.45) is 2.38. The Morgan fingerprint density at radius 3 is 2.50 bits per heavy atom. The van der Waals surface area contributed by atoms with Gasteiger partial charge in [0, 0.05) is 31.2 Å². The number of aryl methyl sites for hydroxylation is 1. The number of aliphatic hydroxyl groups excluding tert-OH is 1. The number of hydrogen-bond donors (Lipinski definition) is 2. The highest BCUT2D eigenvalue weighted by molar-refractivity contribution is 7.92. The van der Waals surface area contributed by atoms with Crippen molar-refractivity contribution in [1.29, 1.82) is 0 Å². The van der Waals surface area contributed by atoms with Crippen LogP contribution in [-0.2, 0) is 10.0 Å². The lowest BCUT2D eigenvalue weighted by Crippen LogP contribution is -2.50. The van der Waals surface area contributed by atoms with Crippen molar-refractivity contribution in [2.24, 2.45) is 11.8 Å². The Kier molecular flexibility index (Phi) is 7.92. The van der Waals surface area contributed by atoms with Crippen molar-refractivity contribution in [2.45, 2.75) is 50.7 Å². The zero-order chi connectivity index (χ0) is 26.0. The van der Waals surface area contributed by atoms with E-state index in [1.807, 2.05) is 13.8 Å². The molecule has 1 saturated carbocycles. The Hall–Kier alpha value is -2.62. The van der Waals surface area contributed by atoms with Crippen molar-refractivity contribution in [2.75, 3.05) is 38.0 Å². The Balaban J connectivity index is 1.64. The number of carbonyl (C=O) groups excluding carboxylic acids is 1. The Morgan fingerprint density at radius 2 is 1.86 bits per heavy atom.